The summed E-state index contributed by atoms with van der Waals surface area (Å²) in [5.41, 5.74) is 1.27. The average molecular weight is 513 g/mol. The van der Waals surface area contributed by atoms with Crippen LogP contribution in [0.25, 0.3) is 5.57 Å². The van der Waals surface area contributed by atoms with E-state index >= 15 is 0 Å². The summed E-state index contributed by atoms with van der Waals surface area (Å²) in [4.78, 5) is 17.7. The van der Waals surface area contributed by atoms with Crippen molar-refractivity contribution in [3.63, 3.8) is 0 Å². The number of aromatic nitrogens is 1. The number of allylic oxidation sites excluding steroid dienone is 1. The molecule has 1 saturated heterocycles. The zero-order valence-electron chi connectivity index (χ0n) is 19.0. The third kappa shape index (κ3) is 5.70. The van der Waals surface area contributed by atoms with E-state index in [1.54, 1.807) is 25.3 Å². The Hall–Kier alpha value is -2.21. The third-order valence-electron chi connectivity index (χ3n) is 5.77. The monoisotopic (exact) mass is 512 g/mol. The molecule has 2 aromatic rings. The zero-order chi connectivity index (χ0) is 24.7. The molecule has 3 unspecified atom stereocenters. The molecular formula is C23H26F2N2O5S2. The van der Waals surface area contributed by atoms with Gasteiger partial charge in [0.25, 0.3) is 5.91 Å². The minimum Gasteiger partial charge on any atom is -0.347 e. The highest BCUT2D eigenvalue weighted by Crippen LogP contribution is 2.36. The number of carbonyl (C=O) groups excluding carboxylic acids is 1. The highest BCUT2D eigenvalue weighted by Gasteiger charge is 2.36. The number of nitrogens with one attached hydrogen (secondary N) is 1. The molecule has 1 amide bonds. The first kappa shape index (κ1) is 24.9. The maximum atomic E-state index is 13.8. The topological polar surface area (TPSA) is 94.6 Å². The summed E-state index contributed by atoms with van der Waals surface area (Å²) in [6.07, 6.45) is -0.882. The highest BCUT2D eigenvalue weighted by molar-refractivity contribution is 7.90. The fourth-order valence-corrected chi connectivity index (χ4v) is 5.39. The van der Waals surface area contributed by atoms with Gasteiger partial charge in [-0.15, -0.1) is 11.3 Å². The number of thiazole rings is 1. The lowest BCUT2D eigenvalue weighted by molar-refractivity contribution is -0.139. The molecule has 7 nitrogen and oxygen atoms in total. The van der Waals surface area contributed by atoms with E-state index in [2.05, 4.69) is 10.3 Å². The first-order valence-electron chi connectivity index (χ1n) is 10.8. The van der Waals surface area contributed by atoms with E-state index in [0.717, 1.165) is 6.26 Å². The van der Waals surface area contributed by atoms with Crippen LogP contribution >= 0.6 is 11.3 Å². The van der Waals surface area contributed by atoms with Gasteiger partial charge in [0.1, 0.15) is 18.4 Å². The Labute approximate surface area is 201 Å². The van der Waals surface area contributed by atoms with Gasteiger partial charge in [0, 0.05) is 17.2 Å². The molecule has 2 fully saturated rings. The molecule has 1 aliphatic carbocycles. The predicted molar refractivity (Wildman–Crippen MR) is 125 cm³/mol. The number of carbonyl (C=O) groups is 1. The number of benzene rings is 1. The van der Waals surface area contributed by atoms with Crippen LogP contribution in [0.15, 0.2) is 40.6 Å². The lowest BCUT2D eigenvalue weighted by Crippen LogP contribution is -2.19. The standard InChI is InChI=1S/C23H26F2N2O5S2/c1-23(2)31-11-20(32-23)19-12-33-22(26-19)27-21(28)16(8-13-9-17(24)18(25)10-13)14-4-6-15(7-5-14)34(3,29)30/h4-8,12-13,17-18,20H,9-11H2,1-3H3,(H,26,27,28)/b16-8+. The number of nitrogens with zero attached hydrogens (tertiary/aromatic N) is 1. The number of rotatable bonds is 6. The fourth-order valence-electron chi connectivity index (χ4n) is 4.02. The number of sulfone groups is 1. The van der Waals surface area contributed by atoms with Gasteiger partial charge in [-0.2, -0.15) is 0 Å². The van der Waals surface area contributed by atoms with E-state index in [1.807, 2.05) is 0 Å². The largest absolute Gasteiger partial charge is 0.347 e. The Morgan fingerprint density at radius 3 is 2.41 bits per heavy atom. The molecule has 1 aromatic carbocycles. The normalized spacial score (nSPS) is 27.1. The number of anilines is 1. The molecule has 3 atom stereocenters. The van der Waals surface area contributed by atoms with Crippen molar-refractivity contribution in [3.05, 3.63) is 47.0 Å². The molecule has 1 N–H and O–H groups in total. The second-order valence-electron chi connectivity index (χ2n) is 8.99. The van der Waals surface area contributed by atoms with E-state index < -0.39 is 39.8 Å². The van der Waals surface area contributed by atoms with Crippen molar-refractivity contribution in [2.75, 3.05) is 18.2 Å². The van der Waals surface area contributed by atoms with Crippen LogP contribution in [-0.4, -0.2) is 50.3 Å². The maximum absolute atomic E-state index is 13.8. The number of ether oxygens (including phenoxy) is 2. The molecule has 0 radical (unpaired) electrons. The second-order valence-corrected chi connectivity index (χ2v) is 11.9. The highest BCUT2D eigenvalue weighted by atomic mass is 32.2. The molecule has 11 heteroatoms. The Kier molecular flexibility index (Phi) is 6.92. The third-order valence-corrected chi connectivity index (χ3v) is 7.67. The number of hydrogen-bond acceptors (Lipinski definition) is 7. The Morgan fingerprint density at radius 1 is 1.21 bits per heavy atom. The van der Waals surface area contributed by atoms with Gasteiger partial charge in [-0.25, -0.2) is 22.2 Å². The van der Waals surface area contributed by atoms with Crippen molar-refractivity contribution in [2.45, 2.75) is 55.8 Å². The van der Waals surface area contributed by atoms with Crippen molar-refractivity contribution in [3.8, 4) is 0 Å². The average Bonchev–Trinajstić information content (AvgIpc) is 3.44. The lowest BCUT2D eigenvalue weighted by atomic mass is 9.98. The molecule has 0 spiro atoms. The SMILES string of the molecule is CC1(C)OCC(c2csc(NC(=O)/C(=C/C3CC(F)C(F)C3)c3ccc(S(C)(=O)=O)cc3)n2)O1. The molecule has 4 rings (SSSR count). The molecule has 1 saturated carbocycles. The van der Waals surface area contributed by atoms with Crippen molar-refractivity contribution in [1.82, 2.24) is 4.98 Å². The number of alkyl halides is 2. The molecule has 1 aliphatic heterocycles. The summed E-state index contributed by atoms with van der Waals surface area (Å²) in [5.74, 6) is -1.68. The Bertz CT molecular complexity index is 1180. The van der Waals surface area contributed by atoms with Crippen LogP contribution in [0.3, 0.4) is 0 Å². The Balaban J connectivity index is 1.57. The van der Waals surface area contributed by atoms with Crippen LogP contribution in [0, 0.1) is 5.92 Å². The zero-order valence-corrected chi connectivity index (χ0v) is 20.6. The van der Waals surface area contributed by atoms with Gasteiger partial charge < -0.3 is 9.47 Å². The smallest absolute Gasteiger partial charge is 0.257 e. The molecule has 2 heterocycles. The maximum Gasteiger partial charge on any atom is 0.257 e. The lowest BCUT2D eigenvalue weighted by Gasteiger charge is -2.16. The van der Waals surface area contributed by atoms with Crippen molar-refractivity contribution in [2.24, 2.45) is 5.92 Å². The van der Waals surface area contributed by atoms with Gasteiger partial charge in [-0.3, -0.25) is 10.1 Å². The van der Waals surface area contributed by atoms with E-state index in [4.69, 9.17) is 9.47 Å². The van der Waals surface area contributed by atoms with Gasteiger partial charge in [0.15, 0.2) is 20.8 Å². The summed E-state index contributed by atoms with van der Waals surface area (Å²) >= 11 is 1.22. The Morgan fingerprint density at radius 2 is 1.85 bits per heavy atom. The minimum atomic E-state index is -3.41. The second kappa shape index (κ2) is 9.44. The van der Waals surface area contributed by atoms with Crippen molar-refractivity contribution < 1.29 is 31.5 Å². The summed E-state index contributed by atoms with van der Waals surface area (Å²) in [7, 11) is -3.41. The minimum absolute atomic E-state index is 0.0183. The first-order valence-corrected chi connectivity index (χ1v) is 13.6. The molecule has 184 valence electrons. The van der Waals surface area contributed by atoms with Crippen LogP contribution in [-0.2, 0) is 24.1 Å². The van der Waals surface area contributed by atoms with Gasteiger partial charge in [-0.1, -0.05) is 18.2 Å². The molecule has 2 aliphatic rings. The summed E-state index contributed by atoms with van der Waals surface area (Å²) < 4.78 is 62.4. The van der Waals surface area contributed by atoms with E-state index in [1.165, 1.54) is 35.6 Å². The van der Waals surface area contributed by atoms with Crippen LogP contribution in [0.4, 0.5) is 13.9 Å². The predicted octanol–water partition coefficient (Wildman–Crippen LogP) is 4.48. The van der Waals surface area contributed by atoms with E-state index in [9.17, 15) is 22.0 Å². The van der Waals surface area contributed by atoms with E-state index in [-0.39, 0.29) is 29.4 Å². The number of hydrogen-bond donors (Lipinski definition) is 1. The molecule has 1 aromatic heterocycles. The van der Waals surface area contributed by atoms with Crippen LogP contribution in [0.2, 0.25) is 0 Å². The number of halogens is 2. The quantitative estimate of drug-likeness (QED) is 0.574. The van der Waals surface area contributed by atoms with Crippen molar-refractivity contribution >= 4 is 37.8 Å². The van der Waals surface area contributed by atoms with Gasteiger partial charge in [0.05, 0.1) is 17.2 Å². The van der Waals surface area contributed by atoms with Crippen molar-refractivity contribution in [1.29, 1.82) is 0 Å². The van der Waals surface area contributed by atoms with Gasteiger partial charge >= 0.3 is 0 Å². The number of amides is 1. The fraction of sp³-hybridized carbons (Fsp3) is 0.478. The molecular weight excluding hydrogens is 486 g/mol. The molecule has 34 heavy (non-hydrogen) atoms. The van der Waals surface area contributed by atoms with Crippen LogP contribution in [0.1, 0.15) is 44.1 Å². The first-order chi connectivity index (χ1) is 15.9. The van der Waals surface area contributed by atoms with Crippen LogP contribution in [0.5, 0.6) is 0 Å². The van der Waals surface area contributed by atoms with Gasteiger partial charge in [-0.05, 0) is 50.3 Å². The summed E-state index contributed by atoms with van der Waals surface area (Å²) in [6, 6.07) is 5.82. The molecule has 0 bridgehead atoms. The summed E-state index contributed by atoms with van der Waals surface area (Å²) in [5, 5.41) is 4.85. The van der Waals surface area contributed by atoms with E-state index in [0.29, 0.717) is 23.0 Å². The summed E-state index contributed by atoms with van der Waals surface area (Å²) in [6.45, 7) is 3.96. The van der Waals surface area contributed by atoms with Crippen LogP contribution < -0.4 is 5.32 Å². The van der Waals surface area contributed by atoms with Gasteiger partial charge in [0.2, 0.25) is 0 Å².